The zero-order chi connectivity index (χ0) is 15.8. The molecule has 110 valence electrons. The van der Waals surface area contributed by atoms with Crippen LogP contribution in [-0.4, -0.2) is 20.5 Å². The fourth-order valence-electron chi connectivity index (χ4n) is 1.77. The van der Waals surface area contributed by atoms with Crippen molar-refractivity contribution < 1.29 is 13.2 Å². The van der Waals surface area contributed by atoms with E-state index in [0.29, 0.717) is 5.02 Å². The van der Waals surface area contributed by atoms with E-state index in [1.165, 1.54) is 36.4 Å². The van der Waals surface area contributed by atoms with Gasteiger partial charge in [-0.3, -0.25) is 4.79 Å². The molecule has 0 aromatic heterocycles. The lowest BCUT2D eigenvalue weighted by Gasteiger charge is -2.08. The van der Waals surface area contributed by atoms with Gasteiger partial charge in [-0.15, -0.1) is 0 Å². The monoisotopic (exact) mass is 362 g/mol. The Balaban J connectivity index is 2.56. The Morgan fingerprint density at radius 2 is 1.57 bits per heavy atom. The van der Waals surface area contributed by atoms with Crippen LogP contribution in [0, 0.1) is 0 Å². The van der Waals surface area contributed by atoms with E-state index in [9.17, 15) is 13.2 Å². The van der Waals surface area contributed by atoms with Gasteiger partial charge in [-0.1, -0.05) is 46.9 Å². The molecule has 3 nitrogen and oxygen atoms in total. The number of carbonyl (C=O) groups excluding carboxylic acids is 1. The van der Waals surface area contributed by atoms with Crippen LogP contribution in [0.15, 0.2) is 41.3 Å². The van der Waals surface area contributed by atoms with Crippen LogP contribution in [0.5, 0.6) is 0 Å². The smallest absolute Gasteiger partial charge is 0.196 e. The lowest BCUT2D eigenvalue weighted by atomic mass is 10.0. The van der Waals surface area contributed by atoms with Crippen LogP contribution in [0.2, 0.25) is 15.1 Å². The predicted molar refractivity (Wildman–Crippen MR) is 84.5 cm³/mol. The normalized spacial score (nSPS) is 11.4. The summed E-state index contributed by atoms with van der Waals surface area (Å²) in [6, 6.07) is 8.50. The summed E-state index contributed by atoms with van der Waals surface area (Å²) in [7, 11) is -3.41. The Hall–Kier alpha value is -1.07. The first-order valence-corrected chi connectivity index (χ1v) is 8.72. The summed E-state index contributed by atoms with van der Waals surface area (Å²) in [6.07, 6.45) is 1.07. The Morgan fingerprint density at radius 1 is 1.00 bits per heavy atom. The number of hydrogen-bond acceptors (Lipinski definition) is 3. The lowest BCUT2D eigenvalue weighted by molar-refractivity contribution is 0.103. The van der Waals surface area contributed by atoms with Crippen molar-refractivity contribution in [2.45, 2.75) is 4.90 Å². The first-order valence-electron chi connectivity index (χ1n) is 5.69. The number of ketones is 1. The number of benzene rings is 2. The maximum absolute atomic E-state index is 12.5. The SMILES string of the molecule is CS(=O)(=O)c1cccc(C(=O)c2c(Cl)cc(Cl)cc2Cl)c1. The van der Waals surface area contributed by atoms with E-state index in [1.54, 1.807) is 0 Å². The summed E-state index contributed by atoms with van der Waals surface area (Å²) >= 11 is 17.8. The van der Waals surface area contributed by atoms with Crippen molar-refractivity contribution in [3.05, 3.63) is 62.6 Å². The highest BCUT2D eigenvalue weighted by Crippen LogP contribution is 2.31. The fourth-order valence-corrected chi connectivity index (χ4v) is 3.43. The summed E-state index contributed by atoms with van der Waals surface area (Å²) in [4.78, 5) is 12.5. The molecule has 0 saturated carbocycles. The van der Waals surface area contributed by atoms with Gasteiger partial charge in [-0.05, 0) is 24.3 Å². The van der Waals surface area contributed by atoms with E-state index in [0.717, 1.165) is 6.26 Å². The van der Waals surface area contributed by atoms with Crippen LogP contribution in [0.3, 0.4) is 0 Å². The molecule has 0 spiro atoms. The fraction of sp³-hybridized carbons (Fsp3) is 0.0714. The summed E-state index contributed by atoms with van der Waals surface area (Å²) in [5, 5.41) is 0.538. The van der Waals surface area contributed by atoms with Crippen molar-refractivity contribution in [3.8, 4) is 0 Å². The molecule has 2 aromatic rings. The molecule has 0 saturated heterocycles. The lowest BCUT2D eigenvalue weighted by Crippen LogP contribution is -2.05. The zero-order valence-corrected chi connectivity index (χ0v) is 13.8. The van der Waals surface area contributed by atoms with E-state index in [1.807, 2.05) is 0 Å². The van der Waals surface area contributed by atoms with Gasteiger partial charge in [0.05, 0.1) is 20.5 Å². The zero-order valence-electron chi connectivity index (χ0n) is 10.7. The second-order valence-electron chi connectivity index (χ2n) is 4.37. The Morgan fingerprint density at radius 3 is 2.10 bits per heavy atom. The largest absolute Gasteiger partial charge is 0.288 e. The third-order valence-corrected chi connectivity index (χ3v) is 4.68. The quantitative estimate of drug-likeness (QED) is 0.765. The third-order valence-electron chi connectivity index (χ3n) is 2.76. The first kappa shape index (κ1) is 16.3. The number of sulfone groups is 1. The van der Waals surface area contributed by atoms with Crippen molar-refractivity contribution in [1.82, 2.24) is 0 Å². The van der Waals surface area contributed by atoms with Crippen LogP contribution < -0.4 is 0 Å². The van der Waals surface area contributed by atoms with Gasteiger partial charge in [-0.2, -0.15) is 0 Å². The average molecular weight is 364 g/mol. The van der Waals surface area contributed by atoms with Gasteiger partial charge in [-0.25, -0.2) is 8.42 Å². The van der Waals surface area contributed by atoms with Gasteiger partial charge in [0.2, 0.25) is 0 Å². The molecule has 0 atom stereocenters. The Bertz CT molecular complexity index is 806. The second-order valence-corrected chi connectivity index (χ2v) is 7.64. The molecule has 2 aromatic carbocycles. The summed E-state index contributed by atoms with van der Waals surface area (Å²) in [5.41, 5.74) is 0.275. The minimum Gasteiger partial charge on any atom is -0.288 e. The number of carbonyl (C=O) groups is 1. The van der Waals surface area contributed by atoms with Crippen molar-refractivity contribution in [2.75, 3.05) is 6.26 Å². The maximum Gasteiger partial charge on any atom is 0.196 e. The molecule has 7 heteroatoms. The standard InChI is InChI=1S/C14H9Cl3O3S/c1-21(19,20)10-4-2-3-8(5-10)14(18)13-11(16)6-9(15)7-12(13)17/h2-7H,1H3. The minimum atomic E-state index is -3.41. The molecule has 0 amide bonds. The van der Waals surface area contributed by atoms with Crippen LogP contribution in [0.25, 0.3) is 0 Å². The van der Waals surface area contributed by atoms with E-state index in [2.05, 4.69) is 0 Å². The van der Waals surface area contributed by atoms with Gasteiger partial charge < -0.3 is 0 Å². The Labute approximate surface area is 137 Å². The molecular weight excluding hydrogens is 355 g/mol. The molecule has 2 rings (SSSR count). The highest BCUT2D eigenvalue weighted by molar-refractivity contribution is 7.90. The summed E-state index contributed by atoms with van der Waals surface area (Å²) in [6.45, 7) is 0. The van der Waals surface area contributed by atoms with E-state index >= 15 is 0 Å². The van der Waals surface area contributed by atoms with Crippen LogP contribution >= 0.6 is 34.8 Å². The van der Waals surface area contributed by atoms with Crippen LogP contribution in [0.1, 0.15) is 15.9 Å². The highest BCUT2D eigenvalue weighted by Gasteiger charge is 2.19. The molecule has 0 aliphatic carbocycles. The van der Waals surface area contributed by atoms with E-state index < -0.39 is 15.6 Å². The van der Waals surface area contributed by atoms with Crippen LogP contribution in [0.4, 0.5) is 0 Å². The van der Waals surface area contributed by atoms with E-state index in [4.69, 9.17) is 34.8 Å². The predicted octanol–water partition coefficient (Wildman–Crippen LogP) is 4.28. The van der Waals surface area contributed by atoms with Crippen molar-refractivity contribution in [2.24, 2.45) is 0 Å². The topological polar surface area (TPSA) is 51.2 Å². The summed E-state index contributed by atoms with van der Waals surface area (Å²) in [5.74, 6) is -0.466. The molecule has 21 heavy (non-hydrogen) atoms. The second kappa shape index (κ2) is 5.97. The number of rotatable bonds is 3. The van der Waals surface area contributed by atoms with Crippen LogP contribution in [-0.2, 0) is 9.84 Å². The third kappa shape index (κ3) is 3.58. The Kier molecular flexibility index (Phi) is 4.63. The van der Waals surface area contributed by atoms with E-state index in [-0.39, 0.29) is 26.1 Å². The molecule has 0 aliphatic heterocycles. The first-order chi connectivity index (χ1) is 9.70. The molecule has 0 heterocycles. The van der Waals surface area contributed by atoms with Crippen molar-refractivity contribution in [1.29, 1.82) is 0 Å². The molecular formula is C14H9Cl3O3S. The molecule has 0 unspecified atom stereocenters. The van der Waals surface area contributed by atoms with Gasteiger partial charge in [0, 0.05) is 16.8 Å². The number of hydrogen-bond donors (Lipinski definition) is 0. The van der Waals surface area contributed by atoms with Crippen molar-refractivity contribution in [3.63, 3.8) is 0 Å². The molecule has 0 N–H and O–H groups in total. The van der Waals surface area contributed by atoms with Gasteiger partial charge in [0.25, 0.3) is 0 Å². The molecule has 0 bridgehead atoms. The molecule has 0 fully saturated rings. The average Bonchev–Trinajstić information content (AvgIpc) is 2.36. The van der Waals surface area contributed by atoms with Gasteiger partial charge >= 0.3 is 0 Å². The summed E-state index contributed by atoms with van der Waals surface area (Å²) < 4.78 is 23.1. The van der Waals surface area contributed by atoms with Gasteiger partial charge in [0.15, 0.2) is 15.6 Å². The molecule has 0 radical (unpaired) electrons. The number of halogens is 3. The van der Waals surface area contributed by atoms with Gasteiger partial charge in [0.1, 0.15) is 0 Å². The molecule has 0 aliphatic rings. The highest BCUT2D eigenvalue weighted by atomic mass is 35.5. The minimum absolute atomic E-state index is 0.0505. The maximum atomic E-state index is 12.5. The van der Waals surface area contributed by atoms with Crippen molar-refractivity contribution >= 4 is 50.4 Å².